The molecule has 6 unspecified atom stereocenters. The quantitative estimate of drug-likeness (QED) is 0.663. The maximum Gasteiger partial charge on any atom is 0.0543 e. The second-order valence-corrected chi connectivity index (χ2v) is 6.45. The molecule has 6 atom stereocenters. The van der Waals surface area contributed by atoms with Crippen LogP contribution in [0.2, 0.25) is 0 Å². The van der Waals surface area contributed by atoms with Gasteiger partial charge < -0.3 is 10.2 Å². The zero-order valence-corrected chi connectivity index (χ0v) is 10.0. The molecule has 0 amide bonds. The Bertz CT molecular complexity index is 227. The topological polar surface area (TPSA) is 40.5 Å². The van der Waals surface area contributed by atoms with E-state index >= 15 is 0 Å². The summed E-state index contributed by atoms with van der Waals surface area (Å²) in [5, 5.41) is 19.5. The van der Waals surface area contributed by atoms with Crippen LogP contribution in [0.5, 0.6) is 0 Å². The molecule has 3 aliphatic rings. The molecule has 0 saturated heterocycles. The average molecular weight is 224 g/mol. The van der Waals surface area contributed by atoms with Gasteiger partial charge in [0.25, 0.3) is 0 Å². The Morgan fingerprint density at radius 2 is 0.938 bits per heavy atom. The molecule has 2 nitrogen and oxygen atoms in total. The largest absolute Gasteiger partial charge is 0.393 e. The smallest absolute Gasteiger partial charge is 0.0543 e. The number of aliphatic hydroxyl groups is 2. The molecule has 3 aliphatic carbocycles. The van der Waals surface area contributed by atoms with E-state index in [1.54, 1.807) is 0 Å². The lowest BCUT2D eigenvalue weighted by molar-refractivity contribution is -0.0248. The molecule has 0 radical (unpaired) electrons. The van der Waals surface area contributed by atoms with Crippen molar-refractivity contribution in [2.24, 2.45) is 23.7 Å². The van der Waals surface area contributed by atoms with Gasteiger partial charge in [-0.05, 0) is 75.0 Å². The first-order valence-corrected chi connectivity index (χ1v) is 7.08. The van der Waals surface area contributed by atoms with Crippen molar-refractivity contribution in [3.05, 3.63) is 0 Å². The second-order valence-electron chi connectivity index (χ2n) is 6.45. The number of rotatable bonds is 0. The van der Waals surface area contributed by atoms with Crippen LogP contribution < -0.4 is 0 Å². The highest BCUT2D eigenvalue weighted by Gasteiger charge is 2.41. The van der Waals surface area contributed by atoms with E-state index in [0.29, 0.717) is 0 Å². The van der Waals surface area contributed by atoms with Crippen LogP contribution in [0.3, 0.4) is 0 Å². The molecule has 16 heavy (non-hydrogen) atoms. The van der Waals surface area contributed by atoms with Crippen molar-refractivity contribution in [3.8, 4) is 0 Å². The summed E-state index contributed by atoms with van der Waals surface area (Å²) in [5.41, 5.74) is 0. The van der Waals surface area contributed by atoms with E-state index in [9.17, 15) is 10.2 Å². The fourth-order valence-corrected chi connectivity index (χ4v) is 4.58. The van der Waals surface area contributed by atoms with Gasteiger partial charge >= 0.3 is 0 Å². The van der Waals surface area contributed by atoms with Crippen LogP contribution in [-0.4, -0.2) is 22.4 Å². The van der Waals surface area contributed by atoms with Crippen LogP contribution in [-0.2, 0) is 0 Å². The first-order valence-electron chi connectivity index (χ1n) is 7.08. The Morgan fingerprint density at radius 3 is 1.38 bits per heavy atom. The first-order chi connectivity index (χ1) is 7.72. The third-order valence-electron chi connectivity index (χ3n) is 5.44. The van der Waals surface area contributed by atoms with Gasteiger partial charge in [-0.25, -0.2) is 0 Å². The highest BCUT2D eigenvalue weighted by atomic mass is 16.3. The summed E-state index contributed by atoms with van der Waals surface area (Å²) in [6.45, 7) is 0. The van der Waals surface area contributed by atoms with Crippen LogP contribution in [0.4, 0.5) is 0 Å². The highest BCUT2D eigenvalue weighted by molar-refractivity contribution is 4.92. The number of hydrogen-bond acceptors (Lipinski definition) is 2. The third kappa shape index (κ3) is 2.02. The summed E-state index contributed by atoms with van der Waals surface area (Å²) < 4.78 is 0. The van der Waals surface area contributed by atoms with E-state index in [1.807, 2.05) is 0 Å². The van der Waals surface area contributed by atoms with E-state index < -0.39 is 0 Å². The molecule has 0 aliphatic heterocycles. The van der Waals surface area contributed by atoms with E-state index in [2.05, 4.69) is 0 Å². The van der Waals surface area contributed by atoms with E-state index in [-0.39, 0.29) is 12.2 Å². The lowest BCUT2D eigenvalue weighted by Gasteiger charge is -2.47. The SMILES string of the molecule is OC1CCC2CC3CC(O)CCC3CC2C1. The molecule has 2 heteroatoms. The zero-order chi connectivity index (χ0) is 11.1. The van der Waals surface area contributed by atoms with Crippen molar-refractivity contribution in [2.75, 3.05) is 0 Å². The summed E-state index contributed by atoms with van der Waals surface area (Å²) in [7, 11) is 0. The molecule has 0 aromatic rings. The molecule has 2 N–H and O–H groups in total. The molecule has 0 aromatic carbocycles. The summed E-state index contributed by atoms with van der Waals surface area (Å²) in [4.78, 5) is 0. The number of aliphatic hydroxyl groups excluding tert-OH is 2. The Labute approximate surface area is 98.1 Å². The van der Waals surface area contributed by atoms with E-state index in [4.69, 9.17) is 0 Å². The molecule has 3 fully saturated rings. The minimum absolute atomic E-state index is 0.0213. The van der Waals surface area contributed by atoms with Gasteiger partial charge in [-0.3, -0.25) is 0 Å². The zero-order valence-electron chi connectivity index (χ0n) is 10.0. The second kappa shape index (κ2) is 4.30. The van der Waals surface area contributed by atoms with Crippen LogP contribution in [0.15, 0.2) is 0 Å². The number of fused-ring (bicyclic) bond motifs is 2. The highest BCUT2D eigenvalue weighted by Crippen LogP contribution is 2.49. The fraction of sp³-hybridized carbons (Fsp3) is 1.00. The summed E-state index contributed by atoms with van der Waals surface area (Å²) in [5.74, 6) is 3.30. The molecular weight excluding hydrogens is 200 g/mol. The van der Waals surface area contributed by atoms with Gasteiger partial charge in [-0.15, -0.1) is 0 Å². The van der Waals surface area contributed by atoms with Crippen LogP contribution in [0.25, 0.3) is 0 Å². The summed E-state index contributed by atoms with van der Waals surface area (Å²) in [6, 6.07) is 0. The van der Waals surface area contributed by atoms with Gasteiger partial charge in [-0.1, -0.05) is 0 Å². The lowest BCUT2D eigenvalue weighted by atomic mass is 9.59. The van der Waals surface area contributed by atoms with Gasteiger partial charge in [0.15, 0.2) is 0 Å². The van der Waals surface area contributed by atoms with Gasteiger partial charge in [0.05, 0.1) is 12.2 Å². The van der Waals surface area contributed by atoms with Gasteiger partial charge in [0.2, 0.25) is 0 Å². The maximum absolute atomic E-state index is 9.75. The average Bonchev–Trinajstić information content (AvgIpc) is 2.26. The molecule has 92 valence electrons. The molecule has 3 saturated carbocycles. The fourth-order valence-electron chi connectivity index (χ4n) is 4.58. The Kier molecular flexibility index (Phi) is 2.97. The standard InChI is InChI=1S/C14H24O2/c15-13-3-1-9-5-12-8-14(16)4-2-10(12)6-11(9)7-13/h9-16H,1-8H2. The van der Waals surface area contributed by atoms with Gasteiger partial charge in [0.1, 0.15) is 0 Å². The monoisotopic (exact) mass is 224 g/mol. The van der Waals surface area contributed by atoms with Crippen molar-refractivity contribution >= 4 is 0 Å². The van der Waals surface area contributed by atoms with Crippen molar-refractivity contribution in [2.45, 2.75) is 63.6 Å². The molecular formula is C14H24O2. The maximum atomic E-state index is 9.75. The van der Waals surface area contributed by atoms with Crippen LogP contribution in [0.1, 0.15) is 51.4 Å². The summed E-state index contributed by atoms with van der Waals surface area (Å²) >= 11 is 0. The first kappa shape index (κ1) is 11.0. The molecule has 0 aromatic heterocycles. The normalized spacial score (nSPS) is 52.9. The number of hydrogen-bond donors (Lipinski definition) is 2. The van der Waals surface area contributed by atoms with Crippen LogP contribution >= 0.6 is 0 Å². The minimum atomic E-state index is -0.0213. The van der Waals surface area contributed by atoms with Gasteiger partial charge in [0, 0.05) is 0 Å². The van der Waals surface area contributed by atoms with Gasteiger partial charge in [-0.2, -0.15) is 0 Å². The molecule has 3 rings (SSSR count). The van der Waals surface area contributed by atoms with E-state index in [0.717, 1.165) is 49.4 Å². The minimum Gasteiger partial charge on any atom is -0.393 e. The Hall–Kier alpha value is -0.0800. The Morgan fingerprint density at radius 1 is 0.500 bits per heavy atom. The molecule has 0 bridgehead atoms. The van der Waals surface area contributed by atoms with Crippen molar-refractivity contribution in [3.63, 3.8) is 0 Å². The van der Waals surface area contributed by atoms with Crippen molar-refractivity contribution < 1.29 is 10.2 Å². The summed E-state index contributed by atoms with van der Waals surface area (Å²) in [6.07, 6.45) is 9.21. The molecule has 0 heterocycles. The lowest BCUT2D eigenvalue weighted by Crippen LogP contribution is -2.40. The predicted octanol–water partition coefficient (Wildman–Crippen LogP) is 2.33. The third-order valence-corrected chi connectivity index (χ3v) is 5.44. The predicted molar refractivity (Wildman–Crippen MR) is 62.9 cm³/mol. The van der Waals surface area contributed by atoms with E-state index in [1.165, 1.54) is 25.7 Å². The van der Waals surface area contributed by atoms with Crippen molar-refractivity contribution in [1.29, 1.82) is 0 Å². The van der Waals surface area contributed by atoms with Crippen LogP contribution in [0, 0.1) is 23.7 Å². The van der Waals surface area contributed by atoms with Crippen molar-refractivity contribution in [1.82, 2.24) is 0 Å². The Balaban J connectivity index is 1.66. The molecule has 0 spiro atoms.